The molecular weight excluding hydrogens is 382 g/mol. The van der Waals surface area contributed by atoms with Crippen molar-refractivity contribution in [2.75, 3.05) is 13.2 Å². The minimum atomic E-state index is -0.557. The molecule has 28 heavy (non-hydrogen) atoms. The number of furan rings is 1. The van der Waals surface area contributed by atoms with Gasteiger partial charge in [0.25, 0.3) is 11.1 Å². The third-order valence-electron chi connectivity index (χ3n) is 3.71. The first kappa shape index (κ1) is 19.3. The van der Waals surface area contributed by atoms with Crippen LogP contribution in [0.3, 0.4) is 0 Å². The molecule has 1 aliphatic rings. The van der Waals surface area contributed by atoms with Crippen LogP contribution in [0.15, 0.2) is 52.0 Å². The van der Waals surface area contributed by atoms with Gasteiger partial charge in [0.05, 0.1) is 17.7 Å². The highest BCUT2D eigenvalue weighted by molar-refractivity contribution is 8.18. The molecule has 0 saturated carbocycles. The van der Waals surface area contributed by atoms with Gasteiger partial charge in [-0.1, -0.05) is 18.2 Å². The number of benzene rings is 1. The van der Waals surface area contributed by atoms with Gasteiger partial charge in [-0.05, 0) is 36.0 Å². The molecule has 1 saturated heterocycles. The number of hydrogen-bond acceptors (Lipinski definition) is 7. The van der Waals surface area contributed by atoms with Gasteiger partial charge in [-0.3, -0.25) is 19.3 Å². The number of nitrogens with zero attached hydrogens (tertiary/aromatic N) is 2. The van der Waals surface area contributed by atoms with Crippen LogP contribution in [-0.4, -0.2) is 35.1 Å². The summed E-state index contributed by atoms with van der Waals surface area (Å²) < 4.78 is 10.4. The van der Waals surface area contributed by atoms with Crippen molar-refractivity contribution in [1.82, 2.24) is 10.2 Å². The maximum absolute atomic E-state index is 12.5. The van der Waals surface area contributed by atoms with Crippen LogP contribution >= 0.6 is 11.8 Å². The smallest absolute Gasteiger partial charge is 0.294 e. The first-order valence-electron chi connectivity index (χ1n) is 8.21. The molecule has 0 bridgehead atoms. The average Bonchev–Trinajstić information content (AvgIpc) is 3.30. The minimum Gasteiger partial charge on any atom is -0.478 e. The van der Waals surface area contributed by atoms with Crippen molar-refractivity contribution < 1.29 is 23.5 Å². The predicted molar refractivity (Wildman–Crippen MR) is 101 cm³/mol. The second-order valence-electron chi connectivity index (χ2n) is 5.61. The van der Waals surface area contributed by atoms with Crippen LogP contribution in [0.4, 0.5) is 4.79 Å². The second kappa shape index (κ2) is 8.92. The number of carbonyl (C=O) groups is 3. The lowest BCUT2D eigenvalue weighted by molar-refractivity contribution is -0.129. The van der Waals surface area contributed by atoms with Gasteiger partial charge in [0.1, 0.15) is 24.1 Å². The third kappa shape index (κ3) is 4.61. The van der Waals surface area contributed by atoms with Crippen molar-refractivity contribution in [2.45, 2.75) is 6.54 Å². The second-order valence-corrected chi connectivity index (χ2v) is 6.60. The summed E-state index contributed by atoms with van der Waals surface area (Å²) in [6.07, 6.45) is 3.00. The molecule has 1 aromatic carbocycles. The van der Waals surface area contributed by atoms with E-state index in [1.165, 1.54) is 12.3 Å². The topological polar surface area (TPSA) is 113 Å². The summed E-state index contributed by atoms with van der Waals surface area (Å²) in [4.78, 5) is 37.8. The normalized spacial score (nSPS) is 15.0. The Morgan fingerprint density at radius 3 is 2.86 bits per heavy atom. The Kier molecular flexibility index (Phi) is 6.14. The molecule has 3 amide bonds. The van der Waals surface area contributed by atoms with E-state index in [0.29, 0.717) is 17.1 Å². The van der Waals surface area contributed by atoms with Gasteiger partial charge in [0.2, 0.25) is 5.91 Å². The fourth-order valence-corrected chi connectivity index (χ4v) is 3.25. The number of hydrogen-bond donors (Lipinski definition) is 1. The number of ether oxygens (including phenoxy) is 1. The molecule has 1 N–H and O–H groups in total. The van der Waals surface area contributed by atoms with Crippen LogP contribution < -0.4 is 10.1 Å². The Morgan fingerprint density at radius 1 is 1.29 bits per heavy atom. The number of nitrogens with one attached hydrogen (secondary N) is 1. The first-order valence-corrected chi connectivity index (χ1v) is 9.03. The molecule has 8 nitrogen and oxygen atoms in total. The lowest BCUT2D eigenvalue weighted by Crippen LogP contribution is -2.39. The molecule has 1 aliphatic heterocycles. The Bertz CT molecular complexity index is 962. The molecule has 0 atom stereocenters. The van der Waals surface area contributed by atoms with Gasteiger partial charge in [-0.25, -0.2) is 0 Å². The number of carbonyl (C=O) groups excluding carboxylic acids is 3. The van der Waals surface area contributed by atoms with Gasteiger partial charge in [-0.15, -0.1) is 0 Å². The standard InChI is InChI=1S/C19H15N3O5S/c20-7-9-27-15-6-2-1-4-13(15)10-16-18(24)22(19(25)28-16)12-17(23)21-11-14-5-3-8-26-14/h1-6,8,10H,9,11-12H2,(H,21,23)/b16-10-. The van der Waals surface area contributed by atoms with Gasteiger partial charge in [0, 0.05) is 5.56 Å². The summed E-state index contributed by atoms with van der Waals surface area (Å²) in [6, 6.07) is 12.1. The van der Waals surface area contributed by atoms with Crippen molar-refractivity contribution in [2.24, 2.45) is 0 Å². The molecule has 0 aliphatic carbocycles. The van der Waals surface area contributed by atoms with Gasteiger partial charge < -0.3 is 14.5 Å². The molecule has 142 valence electrons. The number of nitriles is 1. The van der Waals surface area contributed by atoms with Gasteiger partial charge in [0.15, 0.2) is 6.61 Å². The van der Waals surface area contributed by atoms with E-state index in [0.717, 1.165) is 16.7 Å². The summed E-state index contributed by atoms with van der Waals surface area (Å²) in [5.41, 5.74) is 0.561. The number of thioether (sulfide) groups is 1. The summed E-state index contributed by atoms with van der Waals surface area (Å²) in [7, 11) is 0. The van der Waals surface area contributed by atoms with E-state index in [2.05, 4.69) is 5.32 Å². The van der Waals surface area contributed by atoms with Crippen LogP contribution in [0, 0.1) is 11.3 Å². The van der Waals surface area contributed by atoms with E-state index < -0.39 is 17.1 Å². The maximum atomic E-state index is 12.5. The fraction of sp³-hybridized carbons (Fsp3) is 0.158. The zero-order valence-electron chi connectivity index (χ0n) is 14.6. The number of imide groups is 1. The van der Waals surface area contributed by atoms with Crippen molar-refractivity contribution in [3.05, 3.63) is 58.9 Å². The molecule has 3 rings (SSSR count). The molecule has 1 fully saturated rings. The van der Waals surface area contributed by atoms with E-state index in [-0.39, 0.29) is 24.6 Å². The zero-order valence-corrected chi connectivity index (χ0v) is 15.4. The molecule has 0 radical (unpaired) electrons. The molecule has 9 heteroatoms. The van der Waals surface area contributed by atoms with Crippen LogP contribution in [-0.2, 0) is 16.1 Å². The summed E-state index contributed by atoms with van der Waals surface area (Å²) in [5.74, 6) is -0.0423. The van der Waals surface area contributed by atoms with Crippen LogP contribution in [0.25, 0.3) is 6.08 Å². The highest BCUT2D eigenvalue weighted by Gasteiger charge is 2.36. The van der Waals surface area contributed by atoms with E-state index in [1.807, 2.05) is 6.07 Å². The highest BCUT2D eigenvalue weighted by Crippen LogP contribution is 2.33. The number of para-hydroxylation sites is 1. The van der Waals surface area contributed by atoms with Crippen molar-refractivity contribution in [3.8, 4) is 11.8 Å². The van der Waals surface area contributed by atoms with E-state index in [9.17, 15) is 14.4 Å². The molecular formula is C19H15N3O5S. The maximum Gasteiger partial charge on any atom is 0.294 e. The third-order valence-corrected chi connectivity index (χ3v) is 4.62. The Morgan fingerprint density at radius 2 is 2.11 bits per heavy atom. The fourth-order valence-electron chi connectivity index (χ4n) is 2.42. The quantitative estimate of drug-likeness (QED) is 0.714. The summed E-state index contributed by atoms with van der Waals surface area (Å²) >= 11 is 0.746. The van der Waals surface area contributed by atoms with Crippen molar-refractivity contribution in [3.63, 3.8) is 0 Å². The van der Waals surface area contributed by atoms with E-state index >= 15 is 0 Å². The largest absolute Gasteiger partial charge is 0.478 e. The van der Waals surface area contributed by atoms with Gasteiger partial charge in [-0.2, -0.15) is 5.26 Å². The Balaban J connectivity index is 1.67. The summed E-state index contributed by atoms with van der Waals surface area (Å²) in [5, 5.41) is 10.7. The molecule has 2 aromatic rings. The number of amides is 3. The Labute approximate surface area is 164 Å². The monoisotopic (exact) mass is 397 g/mol. The molecule has 0 unspecified atom stereocenters. The minimum absolute atomic E-state index is 0.137. The first-order chi connectivity index (χ1) is 13.6. The molecule has 2 heterocycles. The van der Waals surface area contributed by atoms with Crippen LogP contribution in [0.2, 0.25) is 0 Å². The average molecular weight is 397 g/mol. The van der Waals surface area contributed by atoms with E-state index in [1.54, 1.807) is 36.4 Å². The van der Waals surface area contributed by atoms with Crippen molar-refractivity contribution in [1.29, 1.82) is 5.26 Å². The van der Waals surface area contributed by atoms with Crippen LogP contribution in [0.5, 0.6) is 5.75 Å². The lowest BCUT2D eigenvalue weighted by Gasteiger charge is -2.12. The van der Waals surface area contributed by atoms with E-state index in [4.69, 9.17) is 14.4 Å². The Hall–Kier alpha value is -3.51. The zero-order chi connectivity index (χ0) is 19.9. The van der Waals surface area contributed by atoms with Gasteiger partial charge >= 0.3 is 0 Å². The van der Waals surface area contributed by atoms with Crippen LogP contribution in [0.1, 0.15) is 11.3 Å². The lowest BCUT2D eigenvalue weighted by atomic mass is 10.2. The SMILES string of the molecule is N#CCOc1ccccc1/C=C1\SC(=O)N(CC(=O)NCc2ccco2)C1=O. The summed E-state index contributed by atoms with van der Waals surface area (Å²) in [6.45, 7) is -0.348. The highest BCUT2D eigenvalue weighted by atomic mass is 32.2. The van der Waals surface area contributed by atoms with Crippen molar-refractivity contribution >= 4 is 34.9 Å². The number of rotatable bonds is 7. The predicted octanol–water partition coefficient (Wildman–Crippen LogP) is 2.53. The molecule has 1 aromatic heterocycles. The molecule has 0 spiro atoms.